The number of carbonyl (C=O) groups is 1. The van der Waals surface area contributed by atoms with Gasteiger partial charge in [-0.15, -0.1) is 0 Å². The topological polar surface area (TPSA) is 53.6 Å². The first-order valence-corrected chi connectivity index (χ1v) is 8.77. The molecule has 1 aliphatic rings. The third-order valence-corrected chi connectivity index (χ3v) is 4.48. The average Bonchev–Trinajstić information content (AvgIpc) is 2.64. The molecule has 5 heteroatoms. The minimum absolute atomic E-state index is 0.218. The Balaban J connectivity index is 1.76. The highest BCUT2D eigenvalue weighted by atomic mass is 16.5. The maximum absolute atomic E-state index is 12.6. The number of urea groups is 1. The average molecular weight is 339 g/mol. The van der Waals surface area contributed by atoms with Gasteiger partial charge in [0, 0.05) is 18.8 Å². The van der Waals surface area contributed by atoms with Gasteiger partial charge < -0.3 is 20.3 Å². The number of hydrogen-bond donors (Lipinski definition) is 2. The number of nitrogens with one attached hydrogen (secondary N) is 2. The minimum Gasteiger partial charge on any atom is -0.378 e. The summed E-state index contributed by atoms with van der Waals surface area (Å²) >= 11 is 0. The lowest BCUT2D eigenvalue weighted by Crippen LogP contribution is -2.37. The number of para-hydroxylation sites is 3. The van der Waals surface area contributed by atoms with Crippen molar-refractivity contribution in [2.75, 3.05) is 41.8 Å². The number of morpholine rings is 1. The summed E-state index contributed by atoms with van der Waals surface area (Å²) in [4.78, 5) is 14.8. The van der Waals surface area contributed by atoms with Gasteiger partial charge >= 0.3 is 6.03 Å². The zero-order chi connectivity index (χ0) is 17.6. The number of ether oxygens (including phenoxy) is 1. The molecule has 5 nitrogen and oxygen atoms in total. The van der Waals surface area contributed by atoms with Crippen LogP contribution in [0.2, 0.25) is 0 Å². The summed E-state index contributed by atoms with van der Waals surface area (Å²) in [5, 5.41) is 6.02. The Hall–Kier alpha value is -2.53. The first-order valence-electron chi connectivity index (χ1n) is 8.77. The van der Waals surface area contributed by atoms with Gasteiger partial charge in [0.2, 0.25) is 0 Å². The Kier molecular flexibility index (Phi) is 5.56. The molecule has 0 radical (unpaired) electrons. The molecule has 2 N–H and O–H groups in total. The summed E-state index contributed by atoms with van der Waals surface area (Å²) in [5.41, 5.74) is 4.94. The highest BCUT2D eigenvalue weighted by molar-refractivity contribution is 6.02. The van der Waals surface area contributed by atoms with Crippen molar-refractivity contribution in [1.82, 2.24) is 0 Å². The van der Waals surface area contributed by atoms with Crippen molar-refractivity contribution in [2.24, 2.45) is 0 Å². The summed E-state index contributed by atoms with van der Waals surface area (Å²) in [6, 6.07) is 13.8. The molecular formula is C20H25N3O2. The second-order valence-corrected chi connectivity index (χ2v) is 6.16. The summed E-state index contributed by atoms with van der Waals surface area (Å²) in [5.74, 6) is 0. The molecule has 1 fully saturated rings. The van der Waals surface area contributed by atoms with E-state index in [0.717, 1.165) is 47.7 Å². The third kappa shape index (κ3) is 4.12. The molecule has 0 saturated carbocycles. The van der Waals surface area contributed by atoms with E-state index in [4.69, 9.17) is 4.74 Å². The number of amides is 2. The maximum Gasteiger partial charge on any atom is 0.323 e. The minimum atomic E-state index is -0.218. The third-order valence-electron chi connectivity index (χ3n) is 4.48. The summed E-state index contributed by atoms with van der Waals surface area (Å²) in [6.45, 7) is 7.19. The van der Waals surface area contributed by atoms with E-state index in [9.17, 15) is 4.79 Å². The van der Waals surface area contributed by atoms with Crippen LogP contribution in [0.15, 0.2) is 42.5 Å². The monoisotopic (exact) mass is 339 g/mol. The molecule has 0 aliphatic carbocycles. The molecule has 1 aliphatic heterocycles. The predicted molar refractivity (Wildman–Crippen MR) is 103 cm³/mol. The van der Waals surface area contributed by atoms with E-state index in [-0.39, 0.29) is 6.03 Å². The Morgan fingerprint density at radius 2 is 1.84 bits per heavy atom. The second kappa shape index (κ2) is 8.03. The maximum atomic E-state index is 12.6. The molecule has 1 heterocycles. The van der Waals surface area contributed by atoms with Gasteiger partial charge in [-0.3, -0.25) is 0 Å². The van der Waals surface area contributed by atoms with Crippen molar-refractivity contribution in [3.8, 4) is 0 Å². The molecule has 0 aromatic heterocycles. The quantitative estimate of drug-likeness (QED) is 0.884. The van der Waals surface area contributed by atoms with Crippen molar-refractivity contribution >= 4 is 23.1 Å². The van der Waals surface area contributed by atoms with Gasteiger partial charge in [0.15, 0.2) is 0 Å². The van der Waals surface area contributed by atoms with Crippen LogP contribution in [0.4, 0.5) is 21.9 Å². The van der Waals surface area contributed by atoms with Crippen molar-refractivity contribution < 1.29 is 9.53 Å². The Morgan fingerprint density at radius 1 is 1.08 bits per heavy atom. The van der Waals surface area contributed by atoms with Crippen molar-refractivity contribution in [2.45, 2.75) is 20.3 Å². The van der Waals surface area contributed by atoms with Crippen LogP contribution in [0, 0.1) is 6.92 Å². The van der Waals surface area contributed by atoms with Gasteiger partial charge in [0.05, 0.1) is 24.6 Å². The van der Waals surface area contributed by atoms with Crippen LogP contribution in [-0.4, -0.2) is 32.3 Å². The van der Waals surface area contributed by atoms with E-state index in [1.165, 1.54) is 0 Å². The van der Waals surface area contributed by atoms with Crippen LogP contribution in [0.25, 0.3) is 0 Å². The van der Waals surface area contributed by atoms with E-state index in [2.05, 4.69) is 22.5 Å². The summed E-state index contributed by atoms with van der Waals surface area (Å²) in [7, 11) is 0. The van der Waals surface area contributed by atoms with Crippen LogP contribution in [0.1, 0.15) is 18.1 Å². The molecule has 2 aromatic rings. The zero-order valence-corrected chi connectivity index (χ0v) is 14.8. The van der Waals surface area contributed by atoms with E-state index in [0.29, 0.717) is 13.2 Å². The van der Waals surface area contributed by atoms with Crippen LogP contribution in [-0.2, 0) is 11.2 Å². The number of anilines is 3. The van der Waals surface area contributed by atoms with Crippen molar-refractivity contribution in [3.05, 3.63) is 53.6 Å². The van der Waals surface area contributed by atoms with E-state index < -0.39 is 0 Å². The number of benzene rings is 2. The lowest BCUT2D eigenvalue weighted by atomic mass is 10.1. The van der Waals surface area contributed by atoms with Gasteiger partial charge in [0.1, 0.15) is 0 Å². The van der Waals surface area contributed by atoms with Gasteiger partial charge in [-0.25, -0.2) is 4.79 Å². The van der Waals surface area contributed by atoms with Gasteiger partial charge in [-0.2, -0.15) is 0 Å². The predicted octanol–water partition coefficient (Wildman–Crippen LogP) is 4.04. The molecule has 25 heavy (non-hydrogen) atoms. The van der Waals surface area contributed by atoms with E-state index >= 15 is 0 Å². The number of rotatable bonds is 4. The lowest BCUT2D eigenvalue weighted by molar-refractivity contribution is 0.123. The largest absolute Gasteiger partial charge is 0.378 e. The van der Waals surface area contributed by atoms with Gasteiger partial charge in [0.25, 0.3) is 0 Å². The summed E-state index contributed by atoms with van der Waals surface area (Å²) in [6.07, 6.45) is 0.877. The molecule has 0 atom stereocenters. The van der Waals surface area contributed by atoms with Gasteiger partial charge in [-0.05, 0) is 36.6 Å². The Labute approximate surface area is 149 Å². The van der Waals surface area contributed by atoms with Crippen LogP contribution in [0.5, 0.6) is 0 Å². The zero-order valence-electron chi connectivity index (χ0n) is 14.8. The second-order valence-electron chi connectivity index (χ2n) is 6.16. The molecule has 2 amide bonds. The standard InChI is InChI=1S/C20H25N3O2/c1-3-16-8-6-7-15(2)19(16)22-20(24)21-17-9-4-5-10-18(17)23-11-13-25-14-12-23/h4-10H,3,11-14H2,1-2H3,(H2,21,22,24). The van der Waals surface area contributed by atoms with E-state index in [1.807, 2.05) is 49.4 Å². The molecule has 2 aromatic carbocycles. The fourth-order valence-electron chi connectivity index (χ4n) is 3.13. The first kappa shape index (κ1) is 17.3. The molecular weight excluding hydrogens is 314 g/mol. The molecule has 1 saturated heterocycles. The van der Waals surface area contributed by atoms with Crippen molar-refractivity contribution in [3.63, 3.8) is 0 Å². The van der Waals surface area contributed by atoms with Crippen LogP contribution in [0.3, 0.4) is 0 Å². The van der Waals surface area contributed by atoms with Crippen molar-refractivity contribution in [1.29, 1.82) is 0 Å². The SMILES string of the molecule is CCc1cccc(C)c1NC(=O)Nc1ccccc1N1CCOCC1. The highest BCUT2D eigenvalue weighted by Gasteiger charge is 2.16. The van der Waals surface area contributed by atoms with Crippen LogP contribution >= 0.6 is 0 Å². The fraction of sp³-hybridized carbons (Fsp3) is 0.350. The molecule has 0 unspecified atom stereocenters. The number of carbonyl (C=O) groups excluding carboxylic acids is 1. The lowest BCUT2D eigenvalue weighted by Gasteiger charge is -2.30. The molecule has 0 spiro atoms. The first-order chi connectivity index (χ1) is 12.2. The number of aryl methyl sites for hydroxylation is 2. The number of nitrogens with zero attached hydrogens (tertiary/aromatic N) is 1. The fourth-order valence-corrected chi connectivity index (χ4v) is 3.13. The molecule has 132 valence electrons. The Morgan fingerprint density at radius 3 is 2.60 bits per heavy atom. The Bertz CT molecular complexity index is 739. The molecule has 3 rings (SSSR count). The van der Waals surface area contributed by atoms with E-state index in [1.54, 1.807) is 0 Å². The summed E-state index contributed by atoms with van der Waals surface area (Å²) < 4.78 is 5.42. The van der Waals surface area contributed by atoms with Gasteiger partial charge in [-0.1, -0.05) is 37.3 Å². The normalized spacial score (nSPS) is 14.2. The number of hydrogen-bond acceptors (Lipinski definition) is 3. The smallest absolute Gasteiger partial charge is 0.323 e. The molecule has 0 bridgehead atoms. The highest BCUT2D eigenvalue weighted by Crippen LogP contribution is 2.27. The van der Waals surface area contributed by atoms with Crippen LogP contribution < -0.4 is 15.5 Å².